The summed E-state index contributed by atoms with van der Waals surface area (Å²) in [6.45, 7) is 2.81. The Morgan fingerprint density at radius 1 is 1.29 bits per heavy atom. The second-order valence-corrected chi connectivity index (χ2v) is 4.38. The highest BCUT2D eigenvalue weighted by Gasteiger charge is 2.13. The SMILES string of the molecule is CCOc1ncccc1C(=O)Nc1cccc(COC)c1. The van der Waals surface area contributed by atoms with Gasteiger partial charge in [0.2, 0.25) is 5.88 Å². The molecular formula is C16H18N2O3. The van der Waals surface area contributed by atoms with Gasteiger partial charge in [-0.15, -0.1) is 0 Å². The van der Waals surface area contributed by atoms with Crippen LogP contribution in [0.4, 0.5) is 5.69 Å². The molecule has 0 saturated carbocycles. The van der Waals surface area contributed by atoms with Crippen LogP contribution in [-0.4, -0.2) is 24.6 Å². The molecule has 0 atom stereocenters. The maximum Gasteiger partial charge on any atom is 0.261 e. The summed E-state index contributed by atoms with van der Waals surface area (Å²) in [5.74, 6) is 0.0895. The zero-order valence-electron chi connectivity index (χ0n) is 12.1. The topological polar surface area (TPSA) is 60.5 Å². The number of aromatic nitrogens is 1. The van der Waals surface area contributed by atoms with Crippen molar-refractivity contribution in [1.29, 1.82) is 0 Å². The Labute approximate surface area is 123 Å². The lowest BCUT2D eigenvalue weighted by Crippen LogP contribution is -2.14. The number of ether oxygens (including phenoxy) is 2. The van der Waals surface area contributed by atoms with Crippen LogP contribution in [0.1, 0.15) is 22.8 Å². The Hall–Kier alpha value is -2.40. The quantitative estimate of drug-likeness (QED) is 0.887. The fraction of sp³-hybridized carbons (Fsp3) is 0.250. The molecule has 0 aliphatic rings. The summed E-state index contributed by atoms with van der Waals surface area (Å²) in [5.41, 5.74) is 2.11. The number of methoxy groups -OCH3 is 1. The lowest BCUT2D eigenvalue weighted by Gasteiger charge is -2.10. The van der Waals surface area contributed by atoms with Crippen LogP contribution in [0.5, 0.6) is 5.88 Å². The summed E-state index contributed by atoms with van der Waals surface area (Å²) in [6.07, 6.45) is 1.60. The third-order valence-electron chi connectivity index (χ3n) is 2.79. The molecule has 110 valence electrons. The van der Waals surface area contributed by atoms with E-state index in [1.54, 1.807) is 25.4 Å². The van der Waals surface area contributed by atoms with E-state index in [0.29, 0.717) is 30.3 Å². The lowest BCUT2D eigenvalue weighted by molar-refractivity contribution is 0.102. The minimum atomic E-state index is -0.249. The summed E-state index contributed by atoms with van der Waals surface area (Å²) in [6, 6.07) is 10.9. The highest BCUT2D eigenvalue weighted by molar-refractivity contribution is 6.05. The normalized spacial score (nSPS) is 10.2. The van der Waals surface area contributed by atoms with Gasteiger partial charge in [0.05, 0.1) is 13.2 Å². The van der Waals surface area contributed by atoms with Gasteiger partial charge in [-0.05, 0) is 36.8 Å². The van der Waals surface area contributed by atoms with E-state index in [1.807, 2.05) is 31.2 Å². The first kappa shape index (κ1) is 15.0. The van der Waals surface area contributed by atoms with Crippen molar-refractivity contribution in [2.45, 2.75) is 13.5 Å². The zero-order valence-corrected chi connectivity index (χ0v) is 12.1. The van der Waals surface area contributed by atoms with Crippen molar-refractivity contribution in [3.63, 3.8) is 0 Å². The van der Waals surface area contributed by atoms with Crippen LogP contribution in [0.15, 0.2) is 42.6 Å². The minimum Gasteiger partial charge on any atom is -0.477 e. The van der Waals surface area contributed by atoms with E-state index in [-0.39, 0.29) is 5.91 Å². The molecule has 0 spiro atoms. The van der Waals surface area contributed by atoms with Crippen LogP contribution in [0.2, 0.25) is 0 Å². The number of amides is 1. The molecule has 21 heavy (non-hydrogen) atoms. The van der Waals surface area contributed by atoms with E-state index in [4.69, 9.17) is 9.47 Å². The van der Waals surface area contributed by atoms with Gasteiger partial charge in [0.25, 0.3) is 5.91 Å². The van der Waals surface area contributed by atoms with Gasteiger partial charge in [-0.25, -0.2) is 4.98 Å². The van der Waals surface area contributed by atoms with E-state index in [0.717, 1.165) is 5.56 Å². The largest absolute Gasteiger partial charge is 0.477 e. The highest BCUT2D eigenvalue weighted by atomic mass is 16.5. The third kappa shape index (κ3) is 4.03. The first-order valence-electron chi connectivity index (χ1n) is 6.71. The number of hydrogen-bond acceptors (Lipinski definition) is 4. The first-order valence-corrected chi connectivity index (χ1v) is 6.71. The van der Waals surface area contributed by atoms with E-state index in [2.05, 4.69) is 10.3 Å². The molecule has 0 bridgehead atoms. The lowest BCUT2D eigenvalue weighted by atomic mass is 10.2. The number of carbonyl (C=O) groups is 1. The molecule has 0 fully saturated rings. The fourth-order valence-electron chi connectivity index (χ4n) is 1.92. The van der Waals surface area contributed by atoms with Crippen molar-refractivity contribution in [3.8, 4) is 5.88 Å². The van der Waals surface area contributed by atoms with Gasteiger partial charge in [0, 0.05) is 19.0 Å². The molecule has 2 aromatic rings. The maximum absolute atomic E-state index is 12.3. The van der Waals surface area contributed by atoms with Crippen LogP contribution in [-0.2, 0) is 11.3 Å². The van der Waals surface area contributed by atoms with Gasteiger partial charge < -0.3 is 14.8 Å². The molecule has 5 nitrogen and oxygen atoms in total. The van der Waals surface area contributed by atoms with Crippen LogP contribution in [0, 0.1) is 0 Å². The molecule has 1 aromatic heterocycles. The number of nitrogens with zero attached hydrogens (tertiary/aromatic N) is 1. The molecule has 0 unspecified atom stereocenters. The Kier molecular flexibility index (Phi) is 5.29. The number of rotatable bonds is 6. The van der Waals surface area contributed by atoms with Crippen LogP contribution in [0.3, 0.4) is 0 Å². The highest BCUT2D eigenvalue weighted by Crippen LogP contribution is 2.18. The Morgan fingerprint density at radius 3 is 2.90 bits per heavy atom. The van der Waals surface area contributed by atoms with Gasteiger partial charge in [0.1, 0.15) is 5.56 Å². The van der Waals surface area contributed by atoms with Crippen LogP contribution in [0.25, 0.3) is 0 Å². The maximum atomic E-state index is 12.3. The molecule has 1 amide bonds. The van der Waals surface area contributed by atoms with Crippen LogP contribution < -0.4 is 10.1 Å². The molecule has 0 aliphatic heterocycles. The number of anilines is 1. The smallest absolute Gasteiger partial charge is 0.261 e. The van der Waals surface area contributed by atoms with Gasteiger partial charge in [0.15, 0.2) is 0 Å². The summed E-state index contributed by atoms with van der Waals surface area (Å²) in [4.78, 5) is 16.4. The average molecular weight is 286 g/mol. The van der Waals surface area contributed by atoms with Crippen molar-refractivity contribution < 1.29 is 14.3 Å². The second-order valence-electron chi connectivity index (χ2n) is 4.38. The van der Waals surface area contributed by atoms with Crippen molar-refractivity contribution >= 4 is 11.6 Å². The zero-order chi connectivity index (χ0) is 15.1. The standard InChI is InChI=1S/C16H18N2O3/c1-3-21-16-14(8-5-9-17-16)15(19)18-13-7-4-6-12(10-13)11-20-2/h4-10H,3,11H2,1-2H3,(H,18,19). The monoisotopic (exact) mass is 286 g/mol. The molecular weight excluding hydrogens is 268 g/mol. The summed E-state index contributed by atoms with van der Waals surface area (Å²) in [5, 5.41) is 2.84. The number of nitrogens with one attached hydrogen (secondary N) is 1. The predicted molar refractivity (Wildman–Crippen MR) is 80.5 cm³/mol. The number of hydrogen-bond donors (Lipinski definition) is 1. The fourth-order valence-corrected chi connectivity index (χ4v) is 1.92. The van der Waals surface area contributed by atoms with E-state index < -0.39 is 0 Å². The van der Waals surface area contributed by atoms with Gasteiger partial charge in [-0.1, -0.05) is 12.1 Å². The Bertz CT molecular complexity index is 614. The average Bonchev–Trinajstić information content (AvgIpc) is 2.49. The molecule has 5 heteroatoms. The van der Waals surface area contributed by atoms with Crippen LogP contribution >= 0.6 is 0 Å². The number of pyridine rings is 1. The molecule has 1 aromatic carbocycles. The van der Waals surface area contributed by atoms with E-state index in [9.17, 15) is 4.79 Å². The molecule has 2 rings (SSSR count). The second kappa shape index (κ2) is 7.40. The minimum absolute atomic E-state index is 0.249. The molecule has 0 aliphatic carbocycles. The first-order chi connectivity index (χ1) is 10.2. The molecule has 0 saturated heterocycles. The summed E-state index contributed by atoms with van der Waals surface area (Å²) >= 11 is 0. The van der Waals surface area contributed by atoms with E-state index in [1.165, 1.54) is 0 Å². The molecule has 1 heterocycles. The number of benzene rings is 1. The predicted octanol–water partition coefficient (Wildman–Crippen LogP) is 2.88. The third-order valence-corrected chi connectivity index (χ3v) is 2.79. The molecule has 0 radical (unpaired) electrons. The van der Waals surface area contributed by atoms with Gasteiger partial charge >= 0.3 is 0 Å². The Morgan fingerprint density at radius 2 is 2.14 bits per heavy atom. The Balaban J connectivity index is 2.16. The number of carbonyl (C=O) groups excluding carboxylic acids is 1. The molecule has 1 N–H and O–H groups in total. The van der Waals surface area contributed by atoms with Crippen molar-refractivity contribution in [3.05, 3.63) is 53.7 Å². The van der Waals surface area contributed by atoms with Crippen molar-refractivity contribution in [2.24, 2.45) is 0 Å². The van der Waals surface area contributed by atoms with Crippen molar-refractivity contribution in [2.75, 3.05) is 19.0 Å². The van der Waals surface area contributed by atoms with E-state index >= 15 is 0 Å². The summed E-state index contributed by atoms with van der Waals surface area (Å²) < 4.78 is 10.4. The van der Waals surface area contributed by atoms with Crippen molar-refractivity contribution in [1.82, 2.24) is 4.98 Å². The summed E-state index contributed by atoms with van der Waals surface area (Å²) in [7, 11) is 1.63. The van der Waals surface area contributed by atoms with Gasteiger partial charge in [-0.3, -0.25) is 4.79 Å². The van der Waals surface area contributed by atoms with Gasteiger partial charge in [-0.2, -0.15) is 0 Å².